The van der Waals surface area contributed by atoms with Crippen LogP contribution < -0.4 is 10.4 Å². The molecule has 0 aliphatic carbocycles. The molecule has 3 aromatic rings. The fraction of sp³-hybridized carbons (Fsp3) is 0.158. The zero-order valence-corrected chi connectivity index (χ0v) is 12.7. The summed E-state index contributed by atoms with van der Waals surface area (Å²) in [6.45, 7) is 2.35. The largest absolute Gasteiger partial charge is 0.489 e. The molecule has 2 aromatic carbocycles. The molecule has 3 rings (SSSR count). The number of hydrogen-bond donors (Lipinski definition) is 0. The van der Waals surface area contributed by atoms with Crippen LogP contribution in [0.2, 0.25) is 0 Å². The van der Waals surface area contributed by atoms with Gasteiger partial charge in [-0.25, -0.2) is 4.79 Å². The summed E-state index contributed by atoms with van der Waals surface area (Å²) < 4.78 is 11.0. The van der Waals surface area contributed by atoms with Crippen LogP contribution >= 0.6 is 0 Å². The van der Waals surface area contributed by atoms with E-state index in [4.69, 9.17) is 14.4 Å². The van der Waals surface area contributed by atoms with Crippen molar-refractivity contribution in [1.82, 2.24) is 0 Å². The minimum atomic E-state index is -0.353. The van der Waals surface area contributed by atoms with Crippen LogP contribution in [0.15, 0.2) is 57.7 Å². The molecule has 0 fully saturated rings. The van der Waals surface area contributed by atoms with Gasteiger partial charge in [0.15, 0.2) is 0 Å². The van der Waals surface area contributed by atoms with Gasteiger partial charge in [0.05, 0.1) is 11.6 Å². The maximum absolute atomic E-state index is 11.6. The quantitative estimate of drug-likeness (QED) is 0.688. The van der Waals surface area contributed by atoms with Crippen molar-refractivity contribution in [3.8, 4) is 11.8 Å². The van der Waals surface area contributed by atoms with Gasteiger partial charge in [-0.3, -0.25) is 0 Å². The maximum Gasteiger partial charge on any atom is 0.336 e. The van der Waals surface area contributed by atoms with Crippen LogP contribution in [0.3, 0.4) is 0 Å². The number of fused-ring (bicyclic) bond motifs is 1. The third-order valence-electron chi connectivity index (χ3n) is 3.64. The van der Waals surface area contributed by atoms with Gasteiger partial charge in [-0.05, 0) is 41.8 Å². The van der Waals surface area contributed by atoms with Crippen molar-refractivity contribution in [2.45, 2.75) is 20.0 Å². The van der Waals surface area contributed by atoms with Gasteiger partial charge in [-0.2, -0.15) is 5.26 Å². The molecule has 1 heterocycles. The van der Waals surface area contributed by atoms with Crippen molar-refractivity contribution < 1.29 is 9.15 Å². The number of nitrogens with zero attached hydrogens (tertiary/aromatic N) is 1. The standard InChI is InChI=1S/C19H15NO3/c1-2-15-9-19(21)23-18-10-16(6-7-17(15)18)22-12-14-5-3-4-13(8-14)11-20/h3-10H,2,12H2,1H3. The lowest BCUT2D eigenvalue weighted by molar-refractivity contribution is 0.306. The van der Waals surface area contributed by atoms with Gasteiger partial charge in [-0.15, -0.1) is 0 Å². The van der Waals surface area contributed by atoms with E-state index in [2.05, 4.69) is 6.07 Å². The molecule has 0 atom stereocenters. The van der Waals surface area contributed by atoms with Gasteiger partial charge in [0.25, 0.3) is 0 Å². The average Bonchev–Trinajstić information content (AvgIpc) is 2.59. The maximum atomic E-state index is 11.6. The summed E-state index contributed by atoms with van der Waals surface area (Å²) in [5, 5.41) is 9.83. The molecule has 1 aromatic heterocycles. The Labute approximate surface area is 133 Å². The first-order valence-corrected chi connectivity index (χ1v) is 7.38. The molecule has 0 aliphatic heterocycles. The Morgan fingerprint density at radius 2 is 2.04 bits per heavy atom. The predicted octanol–water partition coefficient (Wildman–Crippen LogP) is 3.81. The summed E-state index contributed by atoms with van der Waals surface area (Å²) in [6, 6.07) is 16.4. The van der Waals surface area contributed by atoms with E-state index in [1.54, 1.807) is 18.2 Å². The second kappa shape index (κ2) is 6.37. The molecule has 0 radical (unpaired) electrons. The first-order chi connectivity index (χ1) is 11.2. The van der Waals surface area contributed by atoms with Crippen LogP contribution in [0.25, 0.3) is 11.0 Å². The molecule has 4 heteroatoms. The van der Waals surface area contributed by atoms with Gasteiger partial charge < -0.3 is 9.15 Å². The molecule has 0 bridgehead atoms. The van der Waals surface area contributed by atoms with Crippen LogP contribution in [-0.2, 0) is 13.0 Å². The van der Waals surface area contributed by atoms with Crippen LogP contribution in [0, 0.1) is 11.3 Å². The number of nitriles is 1. The smallest absolute Gasteiger partial charge is 0.336 e. The highest BCUT2D eigenvalue weighted by Gasteiger charge is 2.06. The van der Waals surface area contributed by atoms with Crippen LogP contribution in [0.1, 0.15) is 23.6 Å². The first-order valence-electron chi connectivity index (χ1n) is 7.38. The highest BCUT2D eigenvalue weighted by atomic mass is 16.5. The molecule has 0 saturated carbocycles. The number of benzene rings is 2. The second-order valence-electron chi connectivity index (χ2n) is 5.20. The Hall–Kier alpha value is -3.06. The Balaban J connectivity index is 1.86. The summed E-state index contributed by atoms with van der Waals surface area (Å²) >= 11 is 0. The lowest BCUT2D eigenvalue weighted by atomic mass is 10.1. The molecule has 0 N–H and O–H groups in total. The Morgan fingerprint density at radius 3 is 2.83 bits per heavy atom. The molecule has 23 heavy (non-hydrogen) atoms. The summed E-state index contributed by atoms with van der Waals surface area (Å²) in [4.78, 5) is 11.6. The highest BCUT2D eigenvalue weighted by Crippen LogP contribution is 2.23. The minimum absolute atomic E-state index is 0.346. The van der Waals surface area contributed by atoms with E-state index < -0.39 is 0 Å². The molecule has 0 amide bonds. The molecule has 0 spiro atoms. The van der Waals surface area contributed by atoms with Gasteiger partial charge in [0, 0.05) is 17.5 Å². The fourth-order valence-corrected chi connectivity index (χ4v) is 2.49. The van der Waals surface area contributed by atoms with E-state index in [0.29, 0.717) is 23.5 Å². The Kier molecular flexibility index (Phi) is 4.11. The summed E-state index contributed by atoms with van der Waals surface area (Å²) in [5.74, 6) is 0.622. The van der Waals surface area contributed by atoms with E-state index in [1.165, 1.54) is 6.07 Å². The van der Waals surface area contributed by atoms with Gasteiger partial charge in [-0.1, -0.05) is 19.1 Å². The zero-order valence-electron chi connectivity index (χ0n) is 12.7. The fourth-order valence-electron chi connectivity index (χ4n) is 2.49. The number of hydrogen-bond acceptors (Lipinski definition) is 4. The topological polar surface area (TPSA) is 63.2 Å². The SMILES string of the molecule is CCc1cc(=O)oc2cc(OCc3cccc(C#N)c3)ccc12. The number of rotatable bonds is 4. The zero-order chi connectivity index (χ0) is 16.2. The molecular weight excluding hydrogens is 290 g/mol. The lowest BCUT2D eigenvalue weighted by Gasteiger charge is -2.08. The molecule has 114 valence electrons. The third kappa shape index (κ3) is 3.24. The molecular formula is C19H15NO3. The third-order valence-corrected chi connectivity index (χ3v) is 3.64. The molecule has 0 aliphatic rings. The highest BCUT2D eigenvalue weighted by molar-refractivity contribution is 5.81. The van der Waals surface area contributed by atoms with E-state index in [9.17, 15) is 4.79 Å². The summed E-state index contributed by atoms with van der Waals surface area (Å²) in [5.41, 5.74) is 2.64. The average molecular weight is 305 g/mol. The summed E-state index contributed by atoms with van der Waals surface area (Å²) in [6.07, 6.45) is 0.767. The monoisotopic (exact) mass is 305 g/mol. The Morgan fingerprint density at radius 1 is 1.17 bits per heavy atom. The van der Waals surface area contributed by atoms with E-state index in [-0.39, 0.29) is 5.63 Å². The summed E-state index contributed by atoms with van der Waals surface area (Å²) in [7, 11) is 0. The van der Waals surface area contributed by atoms with Gasteiger partial charge in [0.2, 0.25) is 0 Å². The van der Waals surface area contributed by atoms with Crippen molar-refractivity contribution in [1.29, 1.82) is 5.26 Å². The minimum Gasteiger partial charge on any atom is -0.489 e. The number of ether oxygens (including phenoxy) is 1. The van der Waals surface area contributed by atoms with E-state index >= 15 is 0 Å². The van der Waals surface area contributed by atoms with Gasteiger partial charge >= 0.3 is 5.63 Å². The Bertz CT molecular complexity index is 951. The van der Waals surface area contributed by atoms with Crippen LogP contribution in [-0.4, -0.2) is 0 Å². The van der Waals surface area contributed by atoms with E-state index in [1.807, 2.05) is 31.2 Å². The van der Waals surface area contributed by atoms with Crippen molar-refractivity contribution in [3.63, 3.8) is 0 Å². The number of aryl methyl sites for hydroxylation is 1. The first kappa shape index (κ1) is 14.9. The van der Waals surface area contributed by atoms with Gasteiger partial charge in [0.1, 0.15) is 17.9 Å². The molecule has 0 unspecified atom stereocenters. The van der Waals surface area contributed by atoms with Crippen LogP contribution in [0.5, 0.6) is 5.75 Å². The van der Waals surface area contributed by atoms with Crippen LogP contribution in [0.4, 0.5) is 0 Å². The van der Waals surface area contributed by atoms with Crippen molar-refractivity contribution in [3.05, 3.63) is 75.6 Å². The van der Waals surface area contributed by atoms with Crippen molar-refractivity contribution in [2.75, 3.05) is 0 Å². The normalized spacial score (nSPS) is 10.4. The molecule has 0 saturated heterocycles. The van der Waals surface area contributed by atoms with E-state index in [0.717, 1.165) is 22.9 Å². The van der Waals surface area contributed by atoms with Crippen molar-refractivity contribution >= 4 is 11.0 Å². The second-order valence-corrected chi connectivity index (χ2v) is 5.20. The molecule has 4 nitrogen and oxygen atoms in total. The lowest BCUT2D eigenvalue weighted by Crippen LogP contribution is -2.00. The predicted molar refractivity (Wildman–Crippen MR) is 87.4 cm³/mol. The van der Waals surface area contributed by atoms with Crippen molar-refractivity contribution in [2.24, 2.45) is 0 Å².